The highest BCUT2D eigenvalue weighted by Gasteiger charge is 2.15. The summed E-state index contributed by atoms with van der Waals surface area (Å²) in [6.07, 6.45) is 4.83. The van der Waals surface area contributed by atoms with Gasteiger partial charge in [-0.15, -0.1) is 0 Å². The number of carbonyl (C=O) groups excluding carboxylic acids is 1. The molecule has 1 aromatic rings. The minimum atomic E-state index is -0.991. The lowest BCUT2D eigenvalue weighted by atomic mass is 10.1. The zero-order valence-corrected chi connectivity index (χ0v) is 10.7. The van der Waals surface area contributed by atoms with Gasteiger partial charge in [-0.2, -0.15) is 0 Å². The SMILES string of the molecule is Cc1ccc(NC(=O)N2CC=CCC2)cc1C(=O)O. The van der Waals surface area contributed by atoms with E-state index in [0.29, 0.717) is 24.3 Å². The van der Waals surface area contributed by atoms with Gasteiger partial charge in [-0.05, 0) is 31.0 Å². The van der Waals surface area contributed by atoms with Crippen molar-refractivity contribution in [1.82, 2.24) is 4.90 Å². The van der Waals surface area contributed by atoms with Gasteiger partial charge in [-0.1, -0.05) is 18.2 Å². The van der Waals surface area contributed by atoms with Crippen LogP contribution in [0.25, 0.3) is 0 Å². The van der Waals surface area contributed by atoms with Gasteiger partial charge in [0.05, 0.1) is 5.56 Å². The van der Waals surface area contributed by atoms with Crippen LogP contribution in [0.1, 0.15) is 22.3 Å². The van der Waals surface area contributed by atoms with Crippen molar-refractivity contribution in [3.8, 4) is 0 Å². The number of anilines is 1. The Hall–Kier alpha value is -2.30. The van der Waals surface area contributed by atoms with Crippen molar-refractivity contribution in [3.63, 3.8) is 0 Å². The van der Waals surface area contributed by atoms with E-state index in [1.807, 2.05) is 12.2 Å². The van der Waals surface area contributed by atoms with E-state index in [-0.39, 0.29) is 11.6 Å². The third kappa shape index (κ3) is 3.13. The van der Waals surface area contributed by atoms with Gasteiger partial charge >= 0.3 is 12.0 Å². The van der Waals surface area contributed by atoms with Crippen molar-refractivity contribution in [2.75, 3.05) is 18.4 Å². The molecule has 0 atom stereocenters. The average Bonchev–Trinajstić information content (AvgIpc) is 2.41. The van der Waals surface area contributed by atoms with E-state index in [2.05, 4.69) is 5.32 Å². The molecule has 1 aromatic carbocycles. The van der Waals surface area contributed by atoms with E-state index in [1.54, 1.807) is 24.0 Å². The molecule has 2 amide bonds. The molecule has 2 N–H and O–H groups in total. The molecular formula is C14H16N2O3. The quantitative estimate of drug-likeness (QED) is 0.803. The summed E-state index contributed by atoms with van der Waals surface area (Å²) in [7, 11) is 0. The molecule has 0 bridgehead atoms. The summed E-state index contributed by atoms with van der Waals surface area (Å²) in [5.41, 5.74) is 1.38. The summed E-state index contributed by atoms with van der Waals surface area (Å²) in [4.78, 5) is 24.7. The standard InChI is InChI=1S/C14H16N2O3/c1-10-5-6-11(9-12(10)13(17)18)15-14(19)16-7-3-2-4-8-16/h2-3,5-6,9H,4,7-8H2,1H3,(H,15,19)(H,17,18). The molecule has 2 rings (SSSR count). The van der Waals surface area contributed by atoms with Crippen molar-refractivity contribution in [3.05, 3.63) is 41.5 Å². The lowest BCUT2D eigenvalue weighted by Gasteiger charge is -2.23. The van der Waals surface area contributed by atoms with E-state index in [4.69, 9.17) is 5.11 Å². The highest BCUT2D eigenvalue weighted by molar-refractivity contribution is 5.94. The predicted molar refractivity (Wildman–Crippen MR) is 72.5 cm³/mol. The number of benzene rings is 1. The first kappa shape index (κ1) is 13.1. The van der Waals surface area contributed by atoms with Crippen LogP contribution in [0.3, 0.4) is 0 Å². The lowest BCUT2D eigenvalue weighted by Crippen LogP contribution is -2.37. The first-order valence-corrected chi connectivity index (χ1v) is 6.13. The zero-order chi connectivity index (χ0) is 13.8. The molecule has 1 aliphatic heterocycles. The molecule has 0 saturated heterocycles. The minimum absolute atomic E-state index is 0.204. The van der Waals surface area contributed by atoms with Crippen molar-refractivity contribution in [2.24, 2.45) is 0 Å². The Morgan fingerprint density at radius 3 is 2.74 bits per heavy atom. The van der Waals surface area contributed by atoms with Crippen LogP contribution in [0, 0.1) is 6.92 Å². The number of aromatic carboxylic acids is 1. The molecule has 100 valence electrons. The minimum Gasteiger partial charge on any atom is -0.478 e. The summed E-state index contributed by atoms with van der Waals surface area (Å²) >= 11 is 0. The molecule has 19 heavy (non-hydrogen) atoms. The van der Waals surface area contributed by atoms with Gasteiger partial charge in [-0.25, -0.2) is 9.59 Å². The zero-order valence-electron chi connectivity index (χ0n) is 10.7. The smallest absolute Gasteiger partial charge is 0.336 e. The number of urea groups is 1. The molecule has 0 saturated carbocycles. The Kier molecular flexibility index (Phi) is 3.85. The number of aryl methyl sites for hydroxylation is 1. The van der Waals surface area contributed by atoms with Crippen molar-refractivity contribution < 1.29 is 14.7 Å². The van der Waals surface area contributed by atoms with E-state index in [0.717, 1.165) is 6.42 Å². The maximum atomic E-state index is 12.0. The maximum absolute atomic E-state index is 12.0. The Bertz CT molecular complexity index is 537. The number of carboxylic acids is 1. The fraction of sp³-hybridized carbons (Fsp3) is 0.286. The number of nitrogens with one attached hydrogen (secondary N) is 1. The van der Waals surface area contributed by atoms with Crippen LogP contribution in [-0.4, -0.2) is 35.1 Å². The van der Waals surface area contributed by atoms with E-state index < -0.39 is 5.97 Å². The fourth-order valence-electron chi connectivity index (χ4n) is 1.96. The highest BCUT2D eigenvalue weighted by atomic mass is 16.4. The summed E-state index contributed by atoms with van der Waals surface area (Å²) in [6, 6.07) is 4.67. The number of rotatable bonds is 2. The van der Waals surface area contributed by atoms with E-state index >= 15 is 0 Å². The largest absolute Gasteiger partial charge is 0.478 e. The summed E-state index contributed by atoms with van der Waals surface area (Å²) in [5.74, 6) is -0.991. The molecule has 0 unspecified atom stereocenters. The fourth-order valence-corrected chi connectivity index (χ4v) is 1.96. The number of nitrogens with zero attached hydrogens (tertiary/aromatic N) is 1. The van der Waals surface area contributed by atoms with E-state index in [9.17, 15) is 9.59 Å². The number of hydrogen-bond donors (Lipinski definition) is 2. The van der Waals surface area contributed by atoms with Gasteiger partial charge in [0.25, 0.3) is 0 Å². The second kappa shape index (κ2) is 5.56. The Labute approximate surface area is 111 Å². The topological polar surface area (TPSA) is 69.6 Å². The third-order valence-electron chi connectivity index (χ3n) is 3.06. The summed E-state index contributed by atoms with van der Waals surface area (Å²) < 4.78 is 0. The first-order chi connectivity index (χ1) is 9.08. The van der Waals surface area contributed by atoms with Gasteiger partial charge < -0.3 is 15.3 Å². The van der Waals surface area contributed by atoms with Crippen molar-refractivity contribution >= 4 is 17.7 Å². The Balaban J connectivity index is 2.10. The summed E-state index contributed by atoms with van der Waals surface area (Å²) in [5, 5.41) is 11.8. The molecule has 0 spiro atoms. The molecule has 0 fully saturated rings. The number of carboxylic acid groups (broad SMARTS) is 1. The van der Waals surface area contributed by atoms with E-state index in [1.165, 1.54) is 6.07 Å². The highest BCUT2D eigenvalue weighted by Crippen LogP contribution is 2.16. The first-order valence-electron chi connectivity index (χ1n) is 6.13. The van der Waals surface area contributed by atoms with Crippen LogP contribution in [0.15, 0.2) is 30.4 Å². The van der Waals surface area contributed by atoms with Gasteiger partial charge in [0.1, 0.15) is 0 Å². The monoisotopic (exact) mass is 260 g/mol. The van der Waals surface area contributed by atoms with Crippen LogP contribution in [0.4, 0.5) is 10.5 Å². The number of carbonyl (C=O) groups is 2. The van der Waals surface area contributed by atoms with Crippen LogP contribution in [0.5, 0.6) is 0 Å². The Morgan fingerprint density at radius 2 is 2.11 bits per heavy atom. The van der Waals surface area contributed by atoms with Crippen LogP contribution >= 0.6 is 0 Å². The van der Waals surface area contributed by atoms with Gasteiger partial charge in [0.2, 0.25) is 0 Å². The average molecular weight is 260 g/mol. The number of hydrogen-bond acceptors (Lipinski definition) is 2. The van der Waals surface area contributed by atoms with Crippen LogP contribution in [0.2, 0.25) is 0 Å². The maximum Gasteiger partial charge on any atom is 0.336 e. The second-order valence-electron chi connectivity index (χ2n) is 4.47. The van der Waals surface area contributed by atoms with Crippen molar-refractivity contribution in [2.45, 2.75) is 13.3 Å². The van der Waals surface area contributed by atoms with Gasteiger partial charge in [-0.3, -0.25) is 0 Å². The molecule has 5 nitrogen and oxygen atoms in total. The third-order valence-corrected chi connectivity index (χ3v) is 3.06. The molecule has 0 radical (unpaired) electrons. The lowest BCUT2D eigenvalue weighted by molar-refractivity contribution is 0.0696. The molecule has 1 heterocycles. The molecule has 0 aromatic heterocycles. The molecule has 1 aliphatic rings. The predicted octanol–water partition coefficient (Wildman–Crippen LogP) is 2.49. The van der Waals surface area contributed by atoms with Crippen LogP contribution in [-0.2, 0) is 0 Å². The second-order valence-corrected chi connectivity index (χ2v) is 4.47. The van der Waals surface area contributed by atoms with Gasteiger partial charge in [0.15, 0.2) is 0 Å². The van der Waals surface area contributed by atoms with Crippen molar-refractivity contribution in [1.29, 1.82) is 0 Å². The van der Waals surface area contributed by atoms with Gasteiger partial charge in [0, 0.05) is 18.8 Å². The normalized spacial score (nSPS) is 14.3. The molecule has 0 aliphatic carbocycles. The number of amides is 2. The van der Waals surface area contributed by atoms with Crippen LogP contribution < -0.4 is 5.32 Å². The molecular weight excluding hydrogens is 244 g/mol. The Morgan fingerprint density at radius 1 is 1.32 bits per heavy atom. The summed E-state index contributed by atoms with van der Waals surface area (Å²) in [6.45, 7) is 2.99. The molecule has 5 heteroatoms.